The van der Waals surface area contributed by atoms with Crippen LogP contribution in [0.25, 0.3) is 11.1 Å². The quantitative estimate of drug-likeness (QED) is 0.801. The van der Waals surface area contributed by atoms with Gasteiger partial charge in [0.15, 0.2) is 0 Å². The Morgan fingerprint density at radius 2 is 2.20 bits per heavy atom. The maximum absolute atomic E-state index is 6.03. The van der Waals surface area contributed by atoms with Crippen LogP contribution in [0.5, 0.6) is 0 Å². The first kappa shape index (κ1) is 13.1. The van der Waals surface area contributed by atoms with Gasteiger partial charge in [0.1, 0.15) is 10.8 Å². The zero-order valence-corrected chi connectivity index (χ0v) is 12.6. The van der Waals surface area contributed by atoms with Crippen LogP contribution in [0.3, 0.4) is 0 Å². The highest BCUT2D eigenvalue weighted by atomic mass is 32.1. The molecule has 0 aromatic carbocycles. The van der Waals surface area contributed by atoms with Gasteiger partial charge in [0.05, 0.1) is 12.1 Å². The van der Waals surface area contributed by atoms with Gasteiger partial charge in [-0.1, -0.05) is 12.1 Å². The average molecular weight is 302 g/mol. The van der Waals surface area contributed by atoms with E-state index < -0.39 is 0 Å². The predicted octanol–water partition coefficient (Wildman–Crippen LogP) is 3.49. The van der Waals surface area contributed by atoms with Crippen molar-refractivity contribution in [1.82, 2.24) is 9.36 Å². The Labute approximate surface area is 125 Å². The minimum absolute atomic E-state index is 0.566. The molecule has 20 heavy (non-hydrogen) atoms. The number of anilines is 2. The summed E-state index contributed by atoms with van der Waals surface area (Å²) in [7, 11) is 2.06. The first-order valence-corrected chi connectivity index (χ1v) is 7.80. The number of aromatic nitrogens is 2. The van der Waals surface area contributed by atoms with Crippen molar-refractivity contribution < 1.29 is 0 Å². The van der Waals surface area contributed by atoms with Gasteiger partial charge < -0.3 is 10.6 Å². The van der Waals surface area contributed by atoms with Crippen molar-refractivity contribution in [2.45, 2.75) is 6.54 Å². The molecule has 0 atom stereocenters. The van der Waals surface area contributed by atoms with Gasteiger partial charge in [-0.25, -0.2) is 0 Å². The van der Waals surface area contributed by atoms with E-state index in [-0.39, 0.29) is 0 Å². The van der Waals surface area contributed by atoms with E-state index in [1.807, 2.05) is 18.3 Å². The molecule has 3 heterocycles. The number of nitrogen functional groups attached to an aromatic ring is 1. The lowest BCUT2D eigenvalue weighted by atomic mass is 10.1. The third-order valence-electron chi connectivity index (χ3n) is 2.97. The molecule has 0 aliphatic heterocycles. The number of thiophene rings is 1. The van der Waals surface area contributed by atoms with Gasteiger partial charge in [0, 0.05) is 29.9 Å². The first-order valence-electron chi connectivity index (χ1n) is 6.15. The predicted molar refractivity (Wildman–Crippen MR) is 86.2 cm³/mol. The topological polar surface area (TPSA) is 55.0 Å². The third kappa shape index (κ3) is 2.52. The second-order valence-corrected chi connectivity index (χ2v) is 6.21. The van der Waals surface area contributed by atoms with E-state index in [2.05, 4.69) is 38.8 Å². The highest BCUT2D eigenvalue weighted by Gasteiger charge is 2.17. The number of pyridine rings is 1. The Kier molecular flexibility index (Phi) is 3.66. The van der Waals surface area contributed by atoms with Crippen LogP contribution < -0.4 is 10.6 Å². The fraction of sp³-hybridized carbons (Fsp3) is 0.143. The molecule has 2 N–H and O–H groups in total. The lowest BCUT2D eigenvalue weighted by Crippen LogP contribution is -2.15. The molecule has 0 aliphatic carbocycles. The Balaban J connectivity index is 1.94. The summed E-state index contributed by atoms with van der Waals surface area (Å²) in [5.74, 6) is 0.566. The van der Waals surface area contributed by atoms with E-state index >= 15 is 0 Å². The summed E-state index contributed by atoms with van der Waals surface area (Å²) in [6, 6.07) is 8.12. The largest absolute Gasteiger partial charge is 0.382 e. The molecule has 3 aromatic rings. The normalized spacial score (nSPS) is 10.7. The van der Waals surface area contributed by atoms with Crippen LogP contribution in [0.4, 0.5) is 10.8 Å². The number of hydrogen-bond acceptors (Lipinski definition) is 6. The SMILES string of the molecule is CN(Cc1cccs1)c1snc(N)c1-c1cccnc1. The van der Waals surface area contributed by atoms with E-state index in [0.29, 0.717) is 5.82 Å². The summed E-state index contributed by atoms with van der Waals surface area (Å²) in [4.78, 5) is 7.66. The first-order chi connectivity index (χ1) is 9.75. The van der Waals surface area contributed by atoms with Crippen LogP contribution >= 0.6 is 22.9 Å². The molecule has 0 aliphatic rings. The zero-order valence-electron chi connectivity index (χ0n) is 11.0. The number of nitrogens with two attached hydrogens (primary N) is 1. The van der Waals surface area contributed by atoms with E-state index in [1.54, 1.807) is 17.5 Å². The molecule has 3 aromatic heterocycles. The van der Waals surface area contributed by atoms with Gasteiger partial charge in [-0.3, -0.25) is 4.98 Å². The standard InChI is InChI=1S/C14H14N4S2/c1-18(9-11-5-3-7-19-11)14-12(13(15)17-20-14)10-4-2-6-16-8-10/h2-8H,9H2,1H3,(H2,15,17). The van der Waals surface area contributed by atoms with Crippen LogP contribution in [0.2, 0.25) is 0 Å². The van der Waals surface area contributed by atoms with Crippen molar-refractivity contribution in [3.63, 3.8) is 0 Å². The fourth-order valence-corrected chi connectivity index (χ4v) is 3.59. The highest BCUT2D eigenvalue weighted by Crippen LogP contribution is 2.39. The summed E-state index contributed by atoms with van der Waals surface area (Å²) in [6.07, 6.45) is 3.58. The lowest BCUT2D eigenvalue weighted by molar-refractivity contribution is 0.954. The fourth-order valence-electron chi connectivity index (χ4n) is 2.04. The molecular weight excluding hydrogens is 288 g/mol. The monoisotopic (exact) mass is 302 g/mol. The van der Waals surface area contributed by atoms with Crippen molar-refractivity contribution in [2.75, 3.05) is 17.7 Å². The Hall–Kier alpha value is -1.92. The van der Waals surface area contributed by atoms with Crippen molar-refractivity contribution in [3.8, 4) is 11.1 Å². The van der Waals surface area contributed by atoms with Gasteiger partial charge in [-0.05, 0) is 29.0 Å². The van der Waals surface area contributed by atoms with Crippen LogP contribution in [0, 0.1) is 0 Å². The van der Waals surface area contributed by atoms with Gasteiger partial charge >= 0.3 is 0 Å². The van der Waals surface area contributed by atoms with E-state index in [4.69, 9.17) is 5.73 Å². The molecule has 0 radical (unpaired) electrons. The minimum atomic E-state index is 0.566. The minimum Gasteiger partial charge on any atom is -0.382 e. The molecule has 6 heteroatoms. The molecule has 4 nitrogen and oxygen atoms in total. The molecule has 0 fully saturated rings. The summed E-state index contributed by atoms with van der Waals surface area (Å²) in [5, 5.41) is 3.16. The summed E-state index contributed by atoms with van der Waals surface area (Å²) in [5.41, 5.74) is 8.01. The number of nitrogens with zero attached hydrogens (tertiary/aromatic N) is 3. The molecule has 0 saturated carbocycles. The third-order valence-corrected chi connectivity index (χ3v) is 4.81. The van der Waals surface area contributed by atoms with Gasteiger partial charge in [-0.2, -0.15) is 4.37 Å². The summed E-state index contributed by atoms with van der Waals surface area (Å²) >= 11 is 3.18. The smallest absolute Gasteiger partial charge is 0.147 e. The zero-order chi connectivity index (χ0) is 13.9. The molecule has 0 bridgehead atoms. The van der Waals surface area contributed by atoms with Crippen LogP contribution in [-0.2, 0) is 6.54 Å². The van der Waals surface area contributed by atoms with Gasteiger partial charge in [0.2, 0.25) is 0 Å². The molecular formula is C14H14N4S2. The lowest BCUT2D eigenvalue weighted by Gasteiger charge is -2.17. The van der Waals surface area contributed by atoms with Crippen molar-refractivity contribution in [3.05, 3.63) is 46.9 Å². The second-order valence-electron chi connectivity index (χ2n) is 4.43. The Morgan fingerprint density at radius 1 is 1.30 bits per heavy atom. The van der Waals surface area contributed by atoms with Crippen molar-refractivity contribution in [1.29, 1.82) is 0 Å². The molecule has 102 valence electrons. The van der Waals surface area contributed by atoms with Crippen molar-refractivity contribution in [2.24, 2.45) is 0 Å². The highest BCUT2D eigenvalue weighted by molar-refractivity contribution is 7.11. The Bertz CT molecular complexity index is 677. The number of rotatable bonds is 4. The van der Waals surface area contributed by atoms with Crippen LogP contribution in [0.15, 0.2) is 42.0 Å². The molecule has 0 amide bonds. The van der Waals surface area contributed by atoms with Crippen LogP contribution in [0.1, 0.15) is 4.88 Å². The maximum atomic E-state index is 6.03. The molecule has 0 spiro atoms. The van der Waals surface area contributed by atoms with Gasteiger partial charge in [0.25, 0.3) is 0 Å². The van der Waals surface area contributed by atoms with Crippen molar-refractivity contribution >= 4 is 33.7 Å². The van der Waals surface area contributed by atoms with Gasteiger partial charge in [-0.15, -0.1) is 11.3 Å². The molecule has 0 unspecified atom stereocenters. The number of hydrogen-bond donors (Lipinski definition) is 1. The molecule has 0 saturated heterocycles. The van der Waals surface area contributed by atoms with E-state index in [1.165, 1.54) is 16.4 Å². The summed E-state index contributed by atoms with van der Waals surface area (Å²) < 4.78 is 4.30. The summed E-state index contributed by atoms with van der Waals surface area (Å²) in [6.45, 7) is 0.854. The second kappa shape index (κ2) is 5.60. The molecule has 3 rings (SSSR count). The Morgan fingerprint density at radius 3 is 2.90 bits per heavy atom. The van der Waals surface area contributed by atoms with Crippen LogP contribution in [-0.4, -0.2) is 16.4 Å². The average Bonchev–Trinajstić information content (AvgIpc) is 3.09. The maximum Gasteiger partial charge on any atom is 0.147 e. The van der Waals surface area contributed by atoms with E-state index in [9.17, 15) is 0 Å². The van der Waals surface area contributed by atoms with E-state index in [0.717, 1.165) is 22.7 Å².